The highest BCUT2D eigenvalue weighted by atomic mass is 16.6. The van der Waals surface area contributed by atoms with Crippen LogP contribution < -0.4 is 0 Å². The fraction of sp³-hybridized carbons (Fsp3) is 0.300. The van der Waals surface area contributed by atoms with E-state index in [-0.39, 0.29) is 24.3 Å². The summed E-state index contributed by atoms with van der Waals surface area (Å²) in [7, 11) is 0. The molecule has 0 saturated carbocycles. The van der Waals surface area contributed by atoms with Gasteiger partial charge < -0.3 is 19.3 Å². The third-order valence-corrected chi connectivity index (χ3v) is 9.82. The Kier molecular flexibility index (Phi) is 9.59. The standard InChI is InChI=1S/2C20H20N2O2/c2*23-20(24-14-15-5-2-1-3-6-15)22-10-8-16-11-18(12-19(16)22)17-7-4-9-21-13-17/h1-7,9,12-13,16,19H,8,10-11,14H2;1-7,9,11,13,16,19H,8,10,12,14H2. The summed E-state index contributed by atoms with van der Waals surface area (Å²) in [5.74, 6) is 0.939. The second kappa shape index (κ2) is 14.7. The Bertz CT molecular complexity index is 1750. The van der Waals surface area contributed by atoms with E-state index >= 15 is 0 Å². The average Bonchev–Trinajstić information content (AvgIpc) is 3.93. The third kappa shape index (κ3) is 7.18. The number of allylic oxidation sites excluding steroid dienone is 1. The molecule has 4 heterocycles. The Labute approximate surface area is 281 Å². The van der Waals surface area contributed by atoms with E-state index in [1.165, 1.54) is 11.1 Å². The van der Waals surface area contributed by atoms with Crippen LogP contribution in [0.3, 0.4) is 0 Å². The number of nitrogens with zero attached hydrogens (tertiary/aromatic N) is 4. The molecule has 8 rings (SSSR count). The van der Waals surface area contributed by atoms with Gasteiger partial charge in [0.05, 0.1) is 6.04 Å². The van der Waals surface area contributed by atoms with Gasteiger partial charge in [0, 0.05) is 43.9 Å². The summed E-state index contributed by atoms with van der Waals surface area (Å²) < 4.78 is 11.0. The Morgan fingerprint density at radius 1 is 0.646 bits per heavy atom. The highest BCUT2D eigenvalue weighted by Crippen LogP contribution is 2.42. The largest absolute Gasteiger partial charge is 0.445 e. The summed E-state index contributed by atoms with van der Waals surface area (Å²) in [6, 6.07) is 28.1. The van der Waals surface area contributed by atoms with Crippen LogP contribution >= 0.6 is 0 Å². The van der Waals surface area contributed by atoms with Crippen molar-refractivity contribution in [1.29, 1.82) is 0 Å². The molecule has 0 spiro atoms. The van der Waals surface area contributed by atoms with Gasteiger partial charge in [-0.3, -0.25) is 9.97 Å². The van der Waals surface area contributed by atoms with E-state index in [9.17, 15) is 9.59 Å². The fourth-order valence-electron chi connectivity index (χ4n) is 7.35. The van der Waals surface area contributed by atoms with Gasteiger partial charge in [-0.05, 0) is 83.1 Å². The van der Waals surface area contributed by atoms with Crippen LogP contribution in [0.2, 0.25) is 0 Å². The van der Waals surface area contributed by atoms with Crippen molar-refractivity contribution in [3.63, 3.8) is 0 Å². The molecule has 2 aromatic carbocycles. The Morgan fingerprint density at radius 2 is 1.21 bits per heavy atom. The number of hydrogen-bond donors (Lipinski definition) is 0. The van der Waals surface area contributed by atoms with Gasteiger partial charge in [0.25, 0.3) is 0 Å². The van der Waals surface area contributed by atoms with Crippen molar-refractivity contribution < 1.29 is 19.1 Å². The maximum absolute atomic E-state index is 12.5. The summed E-state index contributed by atoms with van der Waals surface area (Å²) in [4.78, 5) is 37.1. The molecule has 8 nitrogen and oxygen atoms in total. The molecule has 48 heavy (non-hydrogen) atoms. The maximum Gasteiger partial charge on any atom is 0.410 e. The first-order valence-corrected chi connectivity index (χ1v) is 16.8. The quantitative estimate of drug-likeness (QED) is 0.214. The van der Waals surface area contributed by atoms with Gasteiger partial charge in [-0.1, -0.05) is 84.9 Å². The molecule has 2 aromatic heterocycles. The van der Waals surface area contributed by atoms with Crippen molar-refractivity contribution in [3.8, 4) is 0 Å². The number of ether oxygens (including phenoxy) is 2. The van der Waals surface area contributed by atoms with E-state index in [0.717, 1.165) is 61.0 Å². The Hall–Kier alpha value is -5.24. The minimum absolute atomic E-state index is 0.156. The van der Waals surface area contributed by atoms with Gasteiger partial charge in [0.15, 0.2) is 0 Å². The molecule has 2 saturated heterocycles. The molecule has 4 unspecified atom stereocenters. The normalized spacial score (nSPS) is 22.2. The lowest BCUT2D eigenvalue weighted by Crippen LogP contribution is -2.36. The molecule has 2 amide bonds. The number of amides is 2. The van der Waals surface area contributed by atoms with Crippen LogP contribution in [-0.2, 0) is 22.7 Å². The van der Waals surface area contributed by atoms with Crippen LogP contribution in [0, 0.1) is 11.8 Å². The SMILES string of the molecule is O=C(OCc1ccccc1)N1CCC2C=C(c3cccnc3)CC21.O=C(OCc1ccccc1)N1CCC2CC(c3cccnc3)=CC21. The molecule has 8 heteroatoms. The lowest BCUT2D eigenvalue weighted by molar-refractivity contribution is 0.0914. The molecule has 4 atom stereocenters. The second-order valence-corrected chi connectivity index (χ2v) is 12.8. The van der Waals surface area contributed by atoms with Gasteiger partial charge in [0.1, 0.15) is 13.2 Å². The molecular weight excluding hydrogens is 600 g/mol. The Morgan fingerprint density at radius 3 is 1.79 bits per heavy atom. The van der Waals surface area contributed by atoms with Crippen LogP contribution in [0.1, 0.15) is 47.9 Å². The number of carbonyl (C=O) groups is 2. The maximum atomic E-state index is 12.5. The van der Waals surface area contributed by atoms with Crippen LogP contribution in [0.15, 0.2) is 122 Å². The van der Waals surface area contributed by atoms with Crippen molar-refractivity contribution >= 4 is 23.3 Å². The summed E-state index contributed by atoms with van der Waals surface area (Å²) in [6.45, 7) is 2.21. The number of aromatic nitrogens is 2. The number of hydrogen-bond acceptors (Lipinski definition) is 6. The average molecular weight is 641 g/mol. The zero-order valence-electron chi connectivity index (χ0n) is 26.9. The molecule has 2 aliphatic carbocycles. The number of pyridine rings is 2. The Balaban J connectivity index is 0.000000152. The van der Waals surface area contributed by atoms with E-state index < -0.39 is 0 Å². The predicted molar refractivity (Wildman–Crippen MR) is 184 cm³/mol. The van der Waals surface area contributed by atoms with Gasteiger partial charge in [-0.25, -0.2) is 9.59 Å². The first kappa shape index (κ1) is 31.4. The van der Waals surface area contributed by atoms with Crippen molar-refractivity contribution in [2.75, 3.05) is 13.1 Å². The van der Waals surface area contributed by atoms with E-state index in [0.29, 0.717) is 25.0 Å². The molecule has 2 fully saturated rings. The van der Waals surface area contributed by atoms with E-state index in [1.807, 2.05) is 95.0 Å². The predicted octanol–water partition coefficient (Wildman–Crippen LogP) is 7.79. The molecule has 2 aliphatic heterocycles. The van der Waals surface area contributed by atoms with Gasteiger partial charge in [-0.2, -0.15) is 0 Å². The van der Waals surface area contributed by atoms with E-state index in [2.05, 4.69) is 34.3 Å². The van der Waals surface area contributed by atoms with Crippen molar-refractivity contribution in [2.45, 2.75) is 51.0 Å². The topological polar surface area (TPSA) is 84.9 Å². The zero-order valence-corrected chi connectivity index (χ0v) is 26.9. The van der Waals surface area contributed by atoms with Gasteiger partial charge >= 0.3 is 12.2 Å². The van der Waals surface area contributed by atoms with Crippen molar-refractivity contribution in [2.24, 2.45) is 11.8 Å². The lowest BCUT2D eigenvalue weighted by Gasteiger charge is -2.23. The fourth-order valence-corrected chi connectivity index (χ4v) is 7.35. The highest BCUT2D eigenvalue weighted by molar-refractivity contribution is 5.74. The summed E-state index contributed by atoms with van der Waals surface area (Å²) >= 11 is 0. The summed E-state index contributed by atoms with van der Waals surface area (Å²) in [6.07, 6.45) is 15.4. The molecule has 0 N–H and O–H groups in total. The van der Waals surface area contributed by atoms with Crippen molar-refractivity contribution in [3.05, 3.63) is 144 Å². The molecular formula is C40H40N4O4. The third-order valence-electron chi connectivity index (χ3n) is 9.82. The lowest BCUT2D eigenvalue weighted by atomic mass is 10.00. The molecule has 0 radical (unpaired) electrons. The first-order chi connectivity index (χ1) is 23.6. The molecule has 4 aliphatic rings. The highest BCUT2D eigenvalue weighted by Gasteiger charge is 2.42. The molecule has 244 valence electrons. The minimum Gasteiger partial charge on any atom is -0.445 e. The van der Waals surface area contributed by atoms with Gasteiger partial charge in [-0.15, -0.1) is 0 Å². The summed E-state index contributed by atoms with van der Waals surface area (Å²) in [5.41, 5.74) is 6.92. The molecule has 4 aromatic rings. The number of rotatable bonds is 6. The number of likely N-dealkylation sites (tertiary alicyclic amines) is 2. The van der Waals surface area contributed by atoms with Crippen molar-refractivity contribution in [1.82, 2.24) is 19.8 Å². The number of benzene rings is 2. The number of fused-ring (bicyclic) bond motifs is 2. The monoisotopic (exact) mass is 640 g/mol. The van der Waals surface area contributed by atoms with Gasteiger partial charge in [0.2, 0.25) is 0 Å². The van der Waals surface area contributed by atoms with Crippen LogP contribution in [0.4, 0.5) is 9.59 Å². The zero-order chi connectivity index (χ0) is 32.7. The van der Waals surface area contributed by atoms with Crippen LogP contribution in [-0.4, -0.2) is 57.1 Å². The molecule has 0 bridgehead atoms. The van der Waals surface area contributed by atoms with Crippen LogP contribution in [0.25, 0.3) is 11.1 Å². The first-order valence-electron chi connectivity index (χ1n) is 16.8. The van der Waals surface area contributed by atoms with E-state index in [4.69, 9.17) is 9.47 Å². The number of carbonyl (C=O) groups excluding carboxylic acids is 2. The second-order valence-electron chi connectivity index (χ2n) is 12.8. The smallest absolute Gasteiger partial charge is 0.410 e. The summed E-state index contributed by atoms with van der Waals surface area (Å²) in [5, 5.41) is 0. The minimum atomic E-state index is -0.213. The van der Waals surface area contributed by atoms with Crippen LogP contribution in [0.5, 0.6) is 0 Å². The van der Waals surface area contributed by atoms with E-state index in [1.54, 1.807) is 12.4 Å².